The third-order valence-corrected chi connectivity index (χ3v) is 3.06. The highest BCUT2D eigenvalue weighted by Gasteiger charge is 2.21. The molecule has 1 aromatic carbocycles. The van der Waals surface area contributed by atoms with Crippen molar-refractivity contribution in [1.29, 1.82) is 0 Å². The van der Waals surface area contributed by atoms with Gasteiger partial charge in [0.25, 0.3) is 5.69 Å². The van der Waals surface area contributed by atoms with Crippen molar-refractivity contribution in [3.05, 3.63) is 75.9 Å². The molecule has 0 saturated heterocycles. The summed E-state index contributed by atoms with van der Waals surface area (Å²) < 4.78 is 0. The maximum Gasteiger partial charge on any atom is 0.280 e. The van der Waals surface area contributed by atoms with Gasteiger partial charge in [-0.2, -0.15) is 0 Å². The first kappa shape index (κ1) is 17.2. The van der Waals surface area contributed by atoms with Crippen molar-refractivity contribution in [2.45, 2.75) is 20.3 Å². The van der Waals surface area contributed by atoms with Crippen LogP contribution in [-0.2, 0) is 0 Å². The van der Waals surface area contributed by atoms with Crippen molar-refractivity contribution in [3.8, 4) is 0 Å². The van der Waals surface area contributed by atoms with Crippen LogP contribution in [0.5, 0.6) is 0 Å². The van der Waals surface area contributed by atoms with Gasteiger partial charge in [0, 0.05) is 23.6 Å². The van der Waals surface area contributed by atoms with Gasteiger partial charge in [0.1, 0.15) is 0 Å². The number of allylic oxidation sites excluding steroid dienone is 5. The Hall–Kier alpha value is -2.82. The van der Waals surface area contributed by atoms with Gasteiger partial charge in [-0.25, -0.2) is 0 Å². The second-order valence-corrected chi connectivity index (χ2v) is 4.43. The van der Waals surface area contributed by atoms with Gasteiger partial charge < -0.3 is 0 Å². The number of nitro groups is 1. The van der Waals surface area contributed by atoms with E-state index in [1.807, 2.05) is 0 Å². The Morgan fingerprint density at radius 1 is 1.36 bits per heavy atom. The molecule has 0 heterocycles. The van der Waals surface area contributed by atoms with Crippen LogP contribution >= 0.6 is 0 Å². The summed E-state index contributed by atoms with van der Waals surface area (Å²) in [6.07, 6.45) is 6.52. The quantitative estimate of drug-likeness (QED) is 0.250. The van der Waals surface area contributed by atoms with Crippen LogP contribution in [0.4, 0.5) is 5.69 Å². The number of hydrogen-bond donors (Lipinski definition) is 0. The lowest BCUT2D eigenvalue weighted by Crippen LogP contribution is -2.07. The molecule has 1 aromatic rings. The minimum atomic E-state index is -0.620. The molecule has 22 heavy (non-hydrogen) atoms. The highest BCUT2D eigenvalue weighted by Crippen LogP contribution is 2.23. The summed E-state index contributed by atoms with van der Waals surface area (Å²) in [4.78, 5) is 34.6. The average molecular weight is 299 g/mol. The minimum Gasteiger partial charge on any atom is -0.294 e. The Morgan fingerprint density at radius 3 is 2.55 bits per heavy atom. The molecule has 0 N–H and O–H groups in total. The van der Waals surface area contributed by atoms with Gasteiger partial charge in [0.2, 0.25) is 0 Å². The zero-order valence-corrected chi connectivity index (χ0v) is 12.5. The fourth-order valence-corrected chi connectivity index (χ4v) is 1.89. The molecule has 114 valence electrons. The van der Waals surface area contributed by atoms with Gasteiger partial charge in [0.05, 0.1) is 10.5 Å². The maximum absolute atomic E-state index is 12.4. The number of nitro benzene ring substituents is 1. The number of hydrogen-bond acceptors (Lipinski definition) is 4. The summed E-state index contributed by atoms with van der Waals surface area (Å²) in [5, 5.41) is 11.0. The first-order valence-corrected chi connectivity index (χ1v) is 6.78. The first-order valence-electron chi connectivity index (χ1n) is 6.78. The summed E-state index contributed by atoms with van der Waals surface area (Å²) in [5.74, 6) is -0.675. The van der Waals surface area contributed by atoms with Crippen LogP contribution in [0, 0.1) is 10.1 Å². The number of benzene rings is 1. The van der Waals surface area contributed by atoms with E-state index >= 15 is 0 Å². The Kier molecular flexibility index (Phi) is 6.13. The topological polar surface area (TPSA) is 77.3 Å². The van der Waals surface area contributed by atoms with Gasteiger partial charge in [-0.05, 0) is 19.1 Å². The van der Waals surface area contributed by atoms with E-state index in [4.69, 9.17) is 0 Å². The third kappa shape index (κ3) is 3.85. The molecule has 0 aliphatic heterocycles. The normalized spacial score (nSPS) is 11.5. The van der Waals surface area contributed by atoms with Crippen LogP contribution in [0.15, 0.2) is 54.7 Å². The minimum absolute atomic E-state index is 0.0403. The van der Waals surface area contributed by atoms with Crippen molar-refractivity contribution in [1.82, 2.24) is 0 Å². The SMILES string of the molecule is C=C/C=C\C(=C/C)C(=O)c1ccc([N+](=O)[O-])c(C(=O)CC)c1. The van der Waals surface area contributed by atoms with Crippen LogP contribution in [-0.4, -0.2) is 16.5 Å². The van der Waals surface area contributed by atoms with E-state index in [2.05, 4.69) is 6.58 Å². The molecule has 0 aliphatic carbocycles. The Balaban J connectivity index is 3.35. The zero-order valence-electron chi connectivity index (χ0n) is 12.5. The van der Waals surface area contributed by atoms with Crippen LogP contribution in [0.1, 0.15) is 41.0 Å². The molecule has 0 amide bonds. The molecule has 0 radical (unpaired) electrons. The number of carbonyl (C=O) groups excluding carboxylic acids is 2. The number of nitrogens with zero attached hydrogens (tertiary/aromatic N) is 1. The molecule has 0 aliphatic rings. The molecule has 0 bridgehead atoms. The molecule has 5 nitrogen and oxygen atoms in total. The number of carbonyl (C=O) groups is 2. The predicted octanol–water partition coefficient (Wildman–Crippen LogP) is 4.06. The summed E-state index contributed by atoms with van der Waals surface area (Å²) in [5.41, 5.74) is 0.335. The molecule has 0 saturated carbocycles. The second kappa shape index (κ2) is 7.83. The lowest BCUT2D eigenvalue weighted by Gasteiger charge is -2.05. The van der Waals surface area contributed by atoms with E-state index in [-0.39, 0.29) is 34.8 Å². The molecular formula is C17H17NO4. The smallest absolute Gasteiger partial charge is 0.280 e. The van der Waals surface area contributed by atoms with Crippen molar-refractivity contribution in [2.75, 3.05) is 0 Å². The van der Waals surface area contributed by atoms with Gasteiger partial charge in [0.15, 0.2) is 11.6 Å². The molecule has 0 atom stereocenters. The van der Waals surface area contributed by atoms with Gasteiger partial charge in [-0.1, -0.05) is 37.8 Å². The molecule has 1 rings (SSSR count). The van der Waals surface area contributed by atoms with Gasteiger partial charge >= 0.3 is 0 Å². The average Bonchev–Trinajstić information content (AvgIpc) is 2.53. The Morgan fingerprint density at radius 2 is 2.05 bits per heavy atom. The second-order valence-electron chi connectivity index (χ2n) is 4.43. The monoisotopic (exact) mass is 299 g/mol. The van der Waals surface area contributed by atoms with Crippen LogP contribution in [0.25, 0.3) is 0 Å². The van der Waals surface area contributed by atoms with Crippen molar-refractivity contribution in [3.63, 3.8) is 0 Å². The van der Waals surface area contributed by atoms with Crippen molar-refractivity contribution >= 4 is 17.3 Å². The third-order valence-electron chi connectivity index (χ3n) is 3.06. The van der Waals surface area contributed by atoms with E-state index in [1.54, 1.807) is 38.2 Å². The van der Waals surface area contributed by atoms with E-state index in [1.165, 1.54) is 18.2 Å². The summed E-state index contributed by atoms with van der Waals surface area (Å²) in [6, 6.07) is 3.84. The summed E-state index contributed by atoms with van der Waals surface area (Å²) in [7, 11) is 0. The lowest BCUT2D eigenvalue weighted by atomic mass is 9.97. The highest BCUT2D eigenvalue weighted by atomic mass is 16.6. The molecule has 0 spiro atoms. The lowest BCUT2D eigenvalue weighted by molar-refractivity contribution is -0.385. The van der Waals surface area contributed by atoms with Crippen molar-refractivity contribution in [2.24, 2.45) is 0 Å². The molecule has 0 fully saturated rings. The largest absolute Gasteiger partial charge is 0.294 e. The Bertz CT molecular complexity index is 684. The van der Waals surface area contributed by atoms with Crippen LogP contribution < -0.4 is 0 Å². The summed E-state index contributed by atoms with van der Waals surface area (Å²) >= 11 is 0. The Labute approximate surface area is 128 Å². The van der Waals surface area contributed by atoms with E-state index in [0.29, 0.717) is 5.57 Å². The fraction of sp³-hybridized carbons (Fsp3) is 0.176. The maximum atomic E-state index is 12.4. The standard InChI is InChI=1S/C17H17NO4/c1-4-7-8-12(5-2)17(20)13-9-10-15(18(21)22)14(11-13)16(19)6-3/h4-5,7-11H,1,6H2,2-3H3/b8-7-,12-5+. The van der Waals surface area contributed by atoms with E-state index in [9.17, 15) is 19.7 Å². The molecule has 0 aromatic heterocycles. The van der Waals surface area contributed by atoms with E-state index in [0.717, 1.165) is 0 Å². The molecule has 5 heteroatoms. The van der Waals surface area contributed by atoms with E-state index < -0.39 is 4.92 Å². The van der Waals surface area contributed by atoms with Crippen molar-refractivity contribution < 1.29 is 14.5 Å². The van der Waals surface area contributed by atoms with Gasteiger partial charge in [-0.3, -0.25) is 19.7 Å². The predicted molar refractivity (Wildman–Crippen MR) is 85.1 cm³/mol. The highest BCUT2D eigenvalue weighted by molar-refractivity contribution is 6.12. The molecule has 0 unspecified atom stereocenters. The van der Waals surface area contributed by atoms with Crippen LogP contribution in [0.2, 0.25) is 0 Å². The zero-order chi connectivity index (χ0) is 16.7. The number of rotatable bonds is 7. The number of Topliss-reactive ketones (excluding diaryl/α,β-unsaturated/α-hetero) is 2. The first-order chi connectivity index (χ1) is 10.5. The fourth-order valence-electron chi connectivity index (χ4n) is 1.89. The van der Waals surface area contributed by atoms with Gasteiger partial charge in [-0.15, -0.1) is 0 Å². The summed E-state index contributed by atoms with van der Waals surface area (Å²) in [6.45, 7) is 6.86. The molecular weight excluding hydrogens is 282 g/mol. The number of ketones is 2. The van der Waals surface area contributed by atoms with Crippen LogP contribution in [0.3, 0.4) is 0 Å².